The Morgan fingerprint density at radius 2 is 1.74 bits per heavy atom. The van der Waals surface area contributed by atoms with E-state index in [0.717, 1.165) is 16.9 Å². The largest absolute Gasteiger partial charge is 0.497 e. The van der Waals surface area contributed by atoms with Gasteiger partial charge in [0.15, 0.2) is 0 Å². The molecule has 7 nitrogen and oxygen atoms in total. The number of nitrogens with one attached hydrogen (secondary N) is 1. The van der Waals surface area contributed by atoms with Gasteiger partial charge in [-0.1, -0.05) is 24.3 Å². The highest BCUT2D eigenvalue weighted by Gasteiger charge is 2.03. The smallest absolute Gasteiger partial charge is 0.373 e. The van der Waals surface area contributed by atoms with E-state index in [1.807, 2.05) is 48.5 Å². The van der Waals surface area contributed by atoms with E-state index in [4.69, 9.17) is 19.1 Å². The Hall–Kier alpha value is -3.44. The van der Waals surface area contributed by atoms with Gasteiger partial charge in [0, 0.05) is 0 Å². The number of H-pyrrole nitrogens is 1. The molecule has 0 amide bonds. The van der Waals surface area contributed by atoms with Gasteiger partial charge in [0.05, 0.1) is 7.11 Å². The highest BCUT2D eigenvalue weighted by atomic mass is 16.5. The van der Waals surface area contributed by atoms with Crippen molar-refractivity contribution in [3.63, 3.8) is 0 Å². The molecule has 2 aromatic carbocycles. The van der Waals surface area contributed by atoms with E-state index in [1.165, 1.54) is 6.20 Å². The maximum Gasteiger partial charge on any atom is 0.373 e. The summed E-state index contributed by atoms with van der Waals surface area (Å²) in [5, 5.41) is 10.1. The molecule has 0 aliphatic carbocycles. The number of aromatic nitrogens is 3. The third kappa shape index (κ3) is 4.52. The van der Waals surface area contributed by atoms with E-state index in [9.17, 15) is 0 Å². The zero-order valence-corrected chi connectivity index (χ0v) is 12.2. The lowest BCUT2D eigenvalue weighted by molar-refractivity contribution is -0.191. The van der Waals surface area contributed by atoms with Gasteiger partial charge in [0.2, 0.25) is 0 Å². The van der Waals surface area contributed by atoms with Gasteiger partial charge in [-0.2, -0.15) is 19.9 Å². The Bertz CT molecular complexity index is 764. The molecule has 1 aromatic heterocycles. The fraction of sp³-hybridized carbons (Fsp3) is 0.0625. The number of aromatic amines is 1. The predicted octanol–water partition coefficient (Wildman–Crippen LogP) is 2.69. The molecule has 116 valence electrons. The number of nitrogens with zero attached hydrogens (tertiary/aromatic N) is 2. The molecule has 0 aliphatic rings. The first-order valence-corrected chi connectivity index (χ1v) is 6.54. The second kappa shape index (κ2) is 8.11. The van der Waals surface area contributed by atoms with Crippen molar-refractivity contribution in [3.8, 4) is 28.5 Å². The number of ether oxygens (including phenoxy) is 2. The van der Waals surface area contributed by atoms with Crippen LogP contribution in [0.4, 0.5) is 0 Å². The third-order valence-corrected chi connectivity index (χ3v) is 2.87. The molecule has 23 heavy (non-hydrogen) atoms. The SMILES string of the molecule is COc1ccc(-c2cccc(Oc3cn[nH]n3)c2)cc1.O=C=O. The molecular formula is C16H13N3O4. The molecule has 0 spiro atoms. The van der Waals surface area contributed by atoms with Gasteiger partial charge in [-0.3, -0.25) is 0 Å². The molecule has 0 unspecified atom stereocenters. The average Bonchev–Trinajstić information content (AvgIpc) is 3.09. The van der Waals surface area contributed by atoms with Crippen LogP contribution in [0.3, 0.4) is 0 Å². The minimum atomic E-state index is 0.250. The molecule has 0 atom stereocenters. The predicted molar refractivity (Wildman–Crippen MR) is 79.9 cm³/mol. The Morgan fingerprint density at radius 3 is 2.35 bits per heavy atom. The van der Waals surface area contributed by atoms with E-state index in [2.05, 4.69) is 15.4 Å². The van der Waals surface area contributed by atoms with Crippen LogP contribution < -0.4 is 9.47 Å². The summed E-state index contributed by atoms with van der Waals surface area (Å²) in [7, 11) is 1.65. The first-order valence-electron chi connectivity index (χ1n) is 6.54. The van der Waals surface area contributed by atoms with E-state index in [0.29, 0.717) is 11.6 Å². The van der Waals surface area contributed by atoms with Crippen LogP contribution in [0.25, 0.3) is 11.1 Å². The lowest BCUT2D eigenvalue weighted by atomic mass is 10.1. The first kappa shape index (κ1) is 15.9. The van der Waals surface area contributed by atoms with Crippen molar-refractivity contribution in [2.75, 3.05) is 7.11 Å². The van der Waals surface area contributed by atoms with Crippen LogP contribution in [0.2, 0.25) is 0 Å². The molecule has 0 radical (unpaired) electrons. The molecule has 0 saturated heterocycles. The van der Waals surface area contributed by atoms with Gasteiger partial charge in [-0.15, -0.1) is 5.10 Å². The fourth-order valence-corrected chi connectivity index (χ4v) is 1.88. The number of methoxy groups -OCH3 is 1. The van der Waals surface area contributed by atoms with Crippen molar-refractivity contribution in [3.05, 3.63) is 54.7 Å². The molecule has 1 N–H and O–H groups in total. The zero-order valence-electron chi connectivity index (χ0n) is 12.2. The molecule has 0 saturated carbocycles. The van der Waals surface area contributed by atoms with Crippen molar-refractivity contribution in [2.24, 2.45) is 0 Å². The second-order valence-electron chi connectivity index (χ2n) is 4.25. The van der Waals surface area contributed by atoms with Crippen LogP contribution in [-0.4, -0.2) is 28.7 Å². The minimum Gasteiger partial charge on any atom is -0.497 e. The van der Waals surface area contributed by atoms with Crippen molar-refractivity contribution in [2.45, 2.75) is 0 Å². The Morgan fingerprint density at radius 1 is 1.00 bits per heavy atom. The molecular weight excluding hydrogens is 298 g/mol. The van der Waals surface area contributed by atoms with Gasteiger partial charge in [-0.25, -0.2) is 0 Å². The summed E-state index contributed by atoms with van der Waals surface area (Å²) in [4.78, 5) is 16.2. The summed E-state index contributed by atoms with van der Waals surface area (Å²) < 4.78 is 10.8. The monoisotopic (exact) mass is 311 g/mol. The van der Waals surface area contributed by atoms with Crippen molar-refractivity contribution >= 4 is 6.15 Å². The van der Waals surface area contributed by atoms with E-state index in [1.54, 1.807) is 7.11 Å². The first-order chi connectivity index (χ1) is 11.3. The van der Waals surface area contributed by atoms with Crippen LogP contribution in [0.15, 0.2) is 54.7 Å². The summed E-state index contributed by atoms with van der Waals surface area (Å²) in [5.74, 6) is 1.99. The van der Waals surface area contributed by atoms with E-state index >= 15 is 0 Å². The highest BCUT2D eigenvalue weighted by molar-refractivity contribution is 5.65. The lowest BCUT2D eigenvalue weighted by Gasteiger charge is -2.06. The van der Waals surface area contributed by atoms with E-state index < -0.39 is 0 Å². The lowest BCUT2D eigenvalue weighted by Crippen LogP contribution is -1.86. The molecule has 0 bridgehead atoms. The molecule has 0 fully saturated rings. The van der Waals surface area contributed by atoms with Crippen molar-refractivity contribution < 1.29 is 19.1 Å². The van der Waals surface area contributed by atoms with Gasteiger partial charge >= 0.3 is 6.15 Å². The zero-order chi connectivity index (χ0) is 16.5. The Labute approximate surface area is 131 Å². The number of hydrogen-bond acceptors (Lipinski definition) is 6. The average molecular weight is 311 g/mol. The van der Waals surface area contributed by atoms with Gasteiger partial charge in [0.1, 0.15) is 17.7 Å². The molecule has 0 aliphatic heterocycles. The summed E-state index contributed by atoms with van der Waals surface area (Å²) in [5.41, 5.74) is 2.16. The normalized spacial score (nSPS) is 9.26. The number of rotatable bonds is 4. The molecule has 7 heteroatoms. The van der Waals surface area contributed by atoms with E-state index in [-0.39, 0.29) is 6.15 Å². The Kier molecular flexibility index (Phi) is 5.62. The Balaban J connectivity index is 0.000000595. The summed E-state index contributed by atoms with van der Waals surface area (Å²) in [6.07, 6.45) is 1.78. The van der Waals surface area contributed by atoms with Crippen LogP contribution in [0.5, 0.6) is 17.4 Å². The quantitative estimate of drug-likeness (QED) is 0.796. The maximum atomic E-state index is 8.12. The fourth-order valence-electron chi connectivity index (χ4n) is 1.88. The minimum absolute atomic E-state index is 0.250. The standard InChI is InChI=1S/C15H13N3O2.CO2/c1-19-13-7-5-11(6-8-13)12-3-2-4-14(9-12)20-15-10-16-18-17-15;2-1-3/h2-10H,1H3,(H,16,17,18);. The van der Waals surface area contributed by atoms with Crippen molar-refractivity contribution in [1.29, 1.82) is 0 Å². The van der Waals surface area contributed by atoms with Crippen LogP contribution >= 0.6 is 0 Å². The van der Waals surface area contributed by atoms with Gasteiger partial charge in [0.25, 0.3) is 5.88 Å². The number of carbonyl (C=O) groups excluding carboxylic acids is 2. The topological polar surface area (TPSA) is 94.2 Å². The number of benzene rings is 2. The number of hydrogen-bond donors (Lipinski definition) is 1. The highest BCUT2D eigenvalue weighted by Crippen LogP contribution is 2.27. The van der Waals surface area contributed by atoms with Crippen LogP contribution in [-0.2, 0) is 9.59 Å². The van der Waals surface area contributed by atoms with Crippen LogP contribution in [0, 0.1) is 0 Å². The summed E-state index contributed by atoms with van der Waals surface area (Å²) in [6.45, 7) is 0. The van der Waals surface area contributed by atoms with Crippen molar-refractivity contribution in [1.82, 2.24) is 15.4 Å². The second-order valence-corrected chi connectivity index (χ2v) is 4.25. The molecule has 3 rings (SSSR count). The summed E-state index contributed by atoms with van der Waals surface area (Å²) >= 11 is 0. The molecule has 1 heterocycles. The maximum absolute atomic E-state index is 8.12. The summed E-state index contributed by atoms with van der Waals surface area (Å²) in [6, 6.07) is 15.7. The molecule has 3 aromatic rings. The van der Waals surface area contributed by atoms with Gasteiger partial charge in [-0.05, 0) is 35.4 Å². The third-order valence-electron chi connectivity index (χ3n) is 2.87. The van der Waals surface area contributed by atoms with Gasteiger partial charge < -0.3 is 9.47 Å². The van der Waals surface area contributed by atoms with Crippen LogP contribution in [0.1, 0.15) is 0 Å².